The predicted molar refractivity (Wildman–Crippen MR) is 173 cm³/mol. The van der Waals surface area contributed by atoms with E-state index in [4.69, 9.17) is 9.47 Å². The van der Waals surface area contributed by atoms with E-state index in [2.05, 4.69) is 55.5 Å². The Hall–Kier alpha value is -2.78. The van der Waals surface area contributed by atoms with Gasteiger partial charge in [-0.1, -0.05) is 157 Å². The van der Waals surface area contributed by atoms with Gasteiger partial charge in [0.15, 0.2) is 0 Å². The number of rotatable bonds is 21. The highest BCUT2D eigenvalue weighted by atomic mass is 16.5. The van der Waals surface area contributed by atoms with E-state index in [1.165, 1.54) is 77.0 Å². The Bertz CT molecular complexity index is 1050. The van der Waals surface area contributed by atoms with Gasteiger partial charge in [0.2, 0.25) is 0 Å². The average molecular weight is 559 g/mol. The molecular weight excluding hydrogens is 504 g/mol. The van der Waals surface area contributed by atoms with Gasteiger partial charge < -0.3 is 14.6 Å². The third-order valence-corrected chi connectivity index (χ3v) is 8.58. The van der Waals surface area contributed by atoms with Crippen molar-refractivity contribution in [1.29, 1.82) is 0 Å². The minimum absolute atomic E-state index is 0.460. The van der Waals surface area contributed by atoms with E-state index < -0.39 is 11.5 Å². The summed E-state index contributed by atoms with van der Waals surface area (Å²) in [5, 5.41) is 11.6. The van der Waals surface area contributed by atoms with Gasteiger partial charge in [0, 0.05) is 11.1 Å². The van der Waals surface area contributed by atoms with Crippen LogP contribution in [-0.2, 0) is 5.41 Å². The number of aliphatic hydroxyl groups is 1. The molecule has 0 spiro atoms. The van der Waals surface area contributed by atoms with Gasteiger partial charge in [-0.2, -0.15) is 0 Å². The van der Waals surface area contributed by atoms with E-state index in [-0.39, 0.29) is 0 Å². The van der Waals surface area contributed by atoms with Crippen LogP contribution in [0, 0.1) is 0 Å². The van der Waals surface area contributed by atoms with Crippen LogP contribution in [0.3, 0.4) is 0 Å². The number of hydrogen-bond acceptors (Lipinski definition) is 3. The molecule has 0 aliphatic rings. The topological polar surface area (TPSA) is 38.7 Å². The van der Waals surface area contributed by atoms with E-state index in [9.17, 15) is 5.11 Å². The molecule has 41 heavy (non-hydrogen) atoms. The maximum Gasteiger partial charge on any atom is 0.123 e. The van der Waals surface area contributed by atoms with Crippen molar-refractivity contribution in [2.45, 2.75) is 115 Å². The Morgan fingerprint density at radius 3 is 1.44 bits per heavy atom. The first kappa shape index (κ1) is 32.7. The van der Waals surface area contributed by atoms with Crippen molar-refractivity contribution >= 4 is 0 Å². The van der Waals surface area contributed by atoms with Crippen LogP contribution < -0.4 is 9.47 Å². The lowest BCUT2D eigenvalue weighted by Gasteiger charge is -2.39. The minimum Gasteiger partial charge on any atom is -0.496 e. The second kappa shape index (κ2) is 18.6. The molecule has 1 atom stereocenters. The number of hydrogen-bond donors (Lipinski definition) is 1. The zero-order chi connectivity index (χ0) is 29.2. The van der Waals surface area contributed by atoms with Gasteiger partial charge in [-0.05, 0) is 30.5 Å². The van der Waals surface area contributed by atoms with Crippen LogP contribution in [-0.4, -0.2) is 25.4 Å². The van der Waals surface area contributed by atoms with Gasteiger partial charge in [0.25, 0.3) is 0 Å². The first-order valence-electron chi connectivity index (χ1n) is 16.2. The Balaban J connectivity index is 1.66. The van der Waals surface area contributed by atoms with Crippen LogP contribution in [0.15, 0.2) is 78.9 Å². The Morgan fingerprint density at radius 1 is 0.561 bits per heavy atom. The number of para-hydroxylation sites is 2. The second-order valence-corrected chi connectivity index (χ2v) is 11.6. The predicted octanol–water partition coefficient (Wildman–Crippen LogP) is 10.3. The van der Waals surface area contributed by atoms with Gasteiger partial charge >= 0.3 is 0 Å². The normalized spacial score (nSPS) is 12.3. The first-order valence-corrected chi connectivity index (χ1v) is 16.2. The van der Waals surface area contributed by atoms with Crippen LogP contribution in [0.4, 0.5) is 0 Å². The highest BCUT2D eigenvalue weighted by Gasteiger charge is 2.42. The van der Waals surface area contributed by atoms with Crippen molar-refractivity contribution in [2.75, 3.05) is 14.2 Å². The van der Waals surface area contributed by atoms with Crippen LogP contribution in [0.5, 0.6) is 11.5 Å². The van der Waals surface area contributed by atoms with Crippen LogP contribution in [0.25, 0.3) is 0 Å². The molecule has 0 fully saturated rings. The van der Waals surface area contributed by atoms with Crippen molar-refractivity contribution in [1.82, 2.24) is 0 Å². The van der Waals surface area contributed by atoms with Crippen molar-refractivity contribution in [3.63, 3.8) is 0 Å². The summed E-state index contributed by atoms with van der Waals surface area (Å²) in [7, 11) is 3.45. The lowest BCUT2D eigenvalue weighted by molar-refractivity contribution is 0.133. The number of benzene rings is 3. The quantitative estimate of drug-likeness (QED) is 0.104. The average Bonchev–Trinajstić information content (AvgIpc) is 3.02. The largest absolute Gasteiger partial charge is 0.496 e. The number of aliphatic hydroxyl groups excluding tert-OH is 1. The molecule has 0 amide bonds. The van der Waals surface area contributed by atoms with Gasteiger partial charge in [-0.15, -0.1) is 0 Å². The maximum atomic E-state index is 11.6. The summed E-state index contributed by atoms with van der Waals surface area (Å²) in [6.45, 7) is 2.28. The molecule has 3 nitrogen and oxygen atoms in total. The van der Waals surface area contributed by atoms with Crippen molar-refractivity contribution in [2.24, 2.45) is 0 Å². The molecule has 0 bridgehead atoms. The summed E-state index contributed by atoms with van der Waals surface area (Å²) in [5.74, 6) is 1.63. The number of methoxy groups -OCH3 is 2. The number of ether oxygens (including phenoxy) is 2. The van der Waals surface area contributed by atoms with Crippen LogP contribution in [0.1, 0.15) is 120 Å². The summed E-state index contributed by atoms with van der Waals surface area (Å²) >= 11 is 0. The van der Waals surface area contributed by atoms with E-state index >= 15 is 0 Å². The third kappa shape index (κ3) is 9.64. The lowest BCUT2D eigenvalue weighted by Crippen LogP contribution is -2.35. The molecule has 0 aromatic heterocycles. The van der Waals surface area contributed by atoms with Crippen molar-refractivity contribution in [3.8, 4) is 11.5 Å². The molecule has 0 aliphatic heterocycles. The smallest absolute Gasteiger partial charge is 0.123 e. The summed E-state index contributed by atoms with van der Waals surface area (Å²) in [6.07, 6.45) is 18.1. The van der Waals surface area contributed by atoms with Crippen molar-refractivity contribution < 1.29 is 14.6 Å². The summed E-state index contributed by atoms with van der Waals surface area (Å²) in [6, 6.07) is 27.0. The van der Waals surface area contributed by atoms with E-state index in [0.717, 1.165) is 41.0 Å². The Morgan fingerprint density at radius 2 is 0.976 bits per heavy atom. The molecule has 3 aromatic carbocycles. The zero-order valence-corrected chi connectivity index (χ0v) is 26.0. The van der Waals surface area contributed by atoms with E-state index in [1.807, 2.05) is 30.3 Å². The molecule has 0 heterocycles. The van der Waals surface area contributed by atoms with Gasteiger partial charge in [-0.25, -0.2) is 0 Å². The summed E-state index contributed by atoms with van der Waals surface area (Å²) < 4.78 is 11.8. The lowest BCUT2D eigenvalue weighted by atomic mass is 9.65. The molecular formula is C38H54O3. The monoisotopic (exact) mass is 558 g/mol. The van der Waals surface area contributed by atoms with E-state index in [1.54, 1.807) is 14.2 Å². The molecule has 0 aliphatic carbocycles. The highest BCUT2D eigenvalue weighted by molar-refractivity contribution is 5.59. The number of unbranched alkanes of at least 4 members (excludes halogenated alkanes) is 12. The Labute approximate surface area is 250 Å². The highest BCUT2D eigenvalue weighted by Crippen LogP contribution is 2.49. The van der Waals surface area contributed by atoms with Gasteiger partial charge in [0.1, 0.15) is 11.5 Å². The zero-order valence-electron chi connectivity index (χ0n) is 26.0. The SMILES string of the molecule is CCCCCCCCCCCCCCCC(O)CC(c1ccccc1)(c1ccccc1OC)c1ccccc1OC. The molecule has 0 radical (unpaired) electrons. The standard InChI is InChI=1S/C38H54O3/c1-4-5-6-7-8-9-10-11-12-13-14-15-19-26-33(39)31-38(32-24-17-16-18-25-32,34-27-20-22-29-36(34)40-2)35-28-21-23-30-37(35)41-3/h16-18,20-25,27-30,33,39H,4-15,19,26,31H2,1-3H3. The fourth-order valence-electron chi connectivity index (χ4n) is 6.36. The molecule has 3 rings (SSSR count). The minimum atomic E-state index is -0.629. The molecule has 1 N–H and O–H groups in total. The van der Waals surface area contributed by atoms with Gasteiger partial charge in [-0.3, -0.25) is 0 Å². The van der Waals surface area contributed by atoms with Crippen molar-refractivity contribution in [3.05, 3.63) is 95.6 Å². The fraction of sp³-hybridized carbons (Fsp3) is 0.526. The van der Waals surface area contributed by atoms with Crippen LogP contribution >= 0.6 is 0 Å². The first-order chi connectivity index (χ1) is 20.2. The molecule has 224 valence electrons. The molecule has 1 unspecified atom stereocenters. The molecule has 3 aromatic rings. The fourth-order valence-corrected chi connectivity index (χ4v) is 6.36. The van der Waals surface area contributed by atoms with E-state index in [0.29, 0.717) is 6.42 Å². The maximum absolute atomic E-state index is 11.6. The molecule has 0 saturated carbocycles. The van der Waals surface area contributed by atoms with Crippen LogP contribution in [0.2, 0.25) is 0 Å². The summed E-state index contributed by atoms with van der Waals surface area (Å²) in [4.78, 5) is 0. The molecule has 0 saturated heterocycles. The second-order valence-electron chi connectivity index (χ2n) is 11.6. The Kier molecular flexibility index (Phi) is 14.9. The molecule has 3 heteroatoms. The third-order valence-electron chi connectivity index (χ3n) is 8.58. The van der Waals surface area contributed by atoms with Gasteiger partial charge in [0.05, 0.1) is 25.7 Å². The summed E-state index contributed by atoms with van der Waals surface area (Å²) in [5.41, 5.74) is 2.58.